The Kier molecular flexibility index (Phi) is 7.03. The van der Waals surface area contributed by atoms with Gasteiger partial charge in [-0.1, -0.05) is 12.1 Å². The summed E-state index contributed by atoms with van der Waals surface area (Å²) in [5.41, 5.74) is -0.435. The highest BCUT2D eigenvalue weighted by Crippen LogP contribution is 2.34. The average Bonchev–Trinajstić information content (AvgIpc) is 2.69. The monoisotopic (exact) mass is 414 g/mol. The Labute approximate surface area is 163 Å². The van der Waals surface area contributed by atoms with Gasteiger partial charge in [0.2, 0.25) is 0 Å². The van der Waals surface area contributed by atoms with E-state index in [0.717, 1.165) is 24.3 Å². The first kappa shape index (κ1) is 22.0. The van der Waals surface area contributed by atoms with Crippen molar-refractivity contribution >= 4 is 11.8 Å². The molecule has 1 atom stereocenters. The van der Waals surface area contributed by atoms with E-state index in [2.05, 4.69) is 5.32 Å². The lowest BCUT2D eigenvalue weighted by atomic mass is 10.1. The molecule has 10 heteroatoms. The number of carbonyl (C=O) groups is 2. The molecule has 1 unspecified atom stereocenters. The molecule has 156 valence electrons. The van der Waals surface area contributed by atoms with E-state index >= 15 is 0 Å². The van der Waals surface area contributed by atoms with Gasteiger partial charge in [-0.15, -0.1) is 0 Å². The van der Waals surface area contributed by atoms with E-state index in [-0.39, 0.29) is 29.2 Å². The van der Waals surface area contributed by atoms with Crippen LogP contribution in [-0.4, -0.2) is 38.8 Å². The molecule has 2 aromatic carbocycles. The molecular formula is C19H18F4N2O4. The van der Waals surface area contributed by atoms with Gasteiger partial charge in [-0.25, -0.2) is 4.39 Å². The van der Waals surface area contributed by atoms with Crippen LogP contribution in [0.4, 0.5) is 17.6 Å². The highest BCUT2D eigenvalue weighted by molar-refractivity contribution is 5.95. The highest BCUT2D eigenvalue weighted by atomic mass is 19.4. The number of alkyl halides is 3. The molecule has 2 rings (SSSR count). The van der Waals surface area contributed by atoms with Crippen molar-refractivity contribution in [3.8, 4) is 11.5 Å². The third-order valence-electron chi connectivity index (χ3n) is 3.87. The second-order valence-electron chi connectivity index (χ2n) is 5.83. The van der Waals surface area contributed by atoms with Gasteiger partial charge in [0.05, 0.1) is 7.11 Å². The van der Waals surface area contributed by atoms with Gasteiger partial charge in [0.25, 0.3) is 11.8 Å². The van der Waals surface area contributed by atoms with Crippen LogP contribution in [0.5, 0.6) is 11.5 Å². The molecule has 0 aliphatic rings. The summed E-state index contributed by atoms with van der Waals surface area (Å²) in [7, 11) is 2.70. The first-order chi connectivity index (χ1) is 13.7. The number of hydrogen-bond acceptors (Lipinski definition) is 4. The zero-order chi connectivity index (χ0) is 21.6. The topological polar surface area (TPSA) is 76.7 Å². The lowest BCUT2D eigenvalue weighted by Gasteiger charge is -2.22. The molecule has 29 heavy (non-hydrogen) atoms. The van der Waals surface area contributed by atoms with E-state index in [1.54, 1.807) is 0 Å². The van der Waals surface area contributed by atoms with Crippen molar-refractivity contribution in [3.05, 3.63) is 59.4 Å². The van der Waals surface area contributed by atoms with Gasteiger partial charge in [0, 0.05) is 12.6 Å². The van der Waals surface area contributed by atoms with Crippen molar-refractivity contribution in [3.63, 3.8) is 0 Å². The normalized spacial score (nSPS) is 12.1. The Balaban J connectivity index is 2.23. The maximum Gasteiger partial charge on any atom is 0.412 e. The zero-order valence-electron chi connectivity index (χ0n) is 15.5. The fraction of sp³-hybridized carbons (Fsp3) is 0.263. The summed E-state index contributed by atoms with van der Waals surface area (Å²) in [5, 5.41) is 4.25. The Morgan fingerprint density at radius 3 is 2.28 bits per heavy atom. The van der Waals surface area contributed by atoms with E-state index in [1.165, 1.54) is 32.4 Å². The molecule has 0 aliphatic carbocycles. The molecule has 0 radical (unpaired) electrons. The number of carbonyl (C=O) groups excluding carboxylic acids is 2. The molecular weight excluding hydrogens is 396 g/mol. The van der Waals surface area contributed by atoms with Crippen LogP contribution < -0.4 is 20.1 Å². The van der Waals surface area contributed by atoms with Gasteiger partial charge >= 0.3 is 6.18 Å². The van der Waals surface area contributed by atoms with E-state index < -0.39 is 29.8 Å². The van der Waals surface area contributed by atoms with Crippen LogP contribution in [-0.2, 0) is 4.79 Å². The van der Waals surface area contributed by atoms with Crippen LogP contribution in [0.25, 0.3) is 0 Å². The first-order valence-corrected chi connectivity index (χ1v) is 8.30. The second kappa shape index (κ2) is 9.26. The molecule has 0 saturated heterocycles. The minimum atomic E-state index is -4.80. The number of nitrogens with one attached hydrogen (secondary N) is 2. The maximum absolute atomic E-state index is 13.4. The molecule has 0 spiro atoms. The maximum atomic E-state index is 13.4. The molecule has 2 amide bonds. The molecule has 2 N–H and O–H groups in total. The van der Waals surface area contributed by atoms with Crippen LogP contribution in [0.15, 0.2) is 42.5 Å². The summed E-state index contributed by atoms with van der Waals surface area (Å²) in [4.78, 5) is 23.6. The van der Waals surface area contributed by atoms with Gasteiger partial charge in [0.1, 0.15) is 5.82 Å². The van der Waals surface area contributed by atoms with Crippen LogP contribution in [0.3, 0.4) is 0 Å². The number of rotatable bonds is 7. The number of hydrogen-bond donors (Lipinski definition) is 2. The lowest BCUT2D eigenvalue weighted by Crippen LogP contribution is -2.38. The van der Waals surface area contributed by atoms with Crippen LogP contribution in [0.1, 0.15) is 22.0 Å². The largest absolute Gasteiger partial charge is 0.493 e. The Bertz CT molecular complexity index is 870. The number of amides is 2. The lowest BCUT2D eigenvalue weighted by molar-refractivity contribution is -0.155. The molecule has 0 aromatic heterocycles. The molecule has 0 heterocycles. The standard InChI is InChI=1S/C19H18F4N2O4/c1-24-16(26)10-29-14-8-5-12(9-15(14)28-2)18(27)25-17(19(21,22)23)11-3-6-13(20)7-4-11/h3-9,17H,10H2,1-2H3,(H,24,26)(H,25,27). The van der Waals surface area contributed by atoms with Crippen molar-refractivity contribution in [2.24, 2.45) is 0 Å². The van der Waals surface area contributed by atoms with Gasteiger partial charge in [-0.3, -0.25) is 9.59 Å². The minimum Gasteiger partial charge on any atom is -0.493 e. The minimum absolute atomic E-state index is 0.0619. The number of halogens is 4. The molecule has 6 nitrogen and oxygen atoms in total. The first-order valence-electron chi connectivity index (χ1n) is 8.30. The molecule has 0 aliphatic heterocycles. The fourth-order valence-corrected chi connectivity index (χ4v) is 2.37. The third-order valence-corrected chi connectivity index (χ3v) is 3.87. The van der Waals surface area contributed by atoms with Crippen LogP contribution >= 0.6 is 0 Å². The fourth-order valence-electron chi connectivity index (χ4n) is 2.37. The second-order valence-corrected chi connectivity index (χ2v) is 5.83. The Morgan fingerprint density at radius 1 is 1.07 bits per heavy atom. The van der Waals surface area contributed by atoms with Crippen molar-refractivity contribution < 1.29 is 36.6 Å². The Morgan fingerprint density at radius 2 is 1.72 bits per heavy atom. The van der Waals surface area contributed by atoms with Crippen LogP contribution in [0, 0.1) is 5.82 Å². The van der Waals surface area contributed by atoms with E-state index in [1.807, 2.05) is 5.32 Å². The molecule has 0 fully saturated rings. The van der Waals surface area contributed by atoms with Crippen LogP contribution in [0.2, 0.25) is 0 Å². The zero-order valence-corrected chi connectivity index (χ0v) is 15.5. The van der Waals surface area contributed by atoms with E-state index in [0.29, 0.717) is 0 Å². The number of ether oxygens (including phenoxy) is 2. The smallest absolute Gasteiger partial charge is 0.412 e. The highest BCUT2D eigenvalue weighted by Gasteiger charge is 2.42. The summed E-state index contributed by atoms with van der Waals surface area (Å²) < 4.78 is 63.6. The quantitative estimate of drug-likeness (QED) is 0.683. The van der Waals surface area contributed by atoms with Crippen molar-refractivity contribution in [2.75, 3.05) is 20.8 Å². The van der Waals surface area contributed by atoms with Gasteiger partial charge in [-0.2, -0.15) is 13.2 Å². The van der Waals surface area contributed by atoms with Crippen molar-refractivity contribution in [1.29, 1.82) is 0 Å². The van der Waals surface area contributed by atoms with Crippen molar-refractivity contribution in [1.82, 2.24) is 10.6 Å². The SMILES string of the molecule is CNC(=O)COc1ccc(C(=O)NC(c2ccc(F)cc2)C(F)(F)F)cc1OC. The molecule has 0 bridgehead atoms. The molecule has 0 saturated carbocycles. The summed E-state index contributed by atoms with van der Waals surface area (Å²) in [5.74, 6) is -1.92. The third kappa shape index (κ3) is 5.84. The predicted molar refractivity (Wildman–Crippen MR) is 95.2 cm³/mol. The summed E-state index contributed by atoms with van der Waals surface area (Å²) in [6.45, 7) is -0.306. The average molecular weight is 414 g/mol. The number of methoxy groups -OCH3 is 1. The van der Waals surface area contributed by atoms with E-state index in [9.17, 15) is 27.2 Å². The molecule has 2 aromatic rings. The summed E-state index contributed by atoms with van der Waals surface area (Å²) in [6, 6.07) is 5.04. The number of benzene rings is 2. The summed E-state index contributed by atoms with van der Waals surface area (Å²) >= 11 is 0. The number of likely N-dealkylation sites (N-methyl/N-ethyl adjacent to an activating group) is 1. The Hall–Kier alpha value is -3.30. The van der Waals surface area contributed by atoms with Gasteiger partial charge < -0.3 is 20.1 Å². The van der Waals surface area contributed by atoms with Gasteiger partial charge in [-0.05, 0) is 35.9 Å². The van der Waals surface area contributed by atoms with Gasteiger partial charge in [0.15, 0.2) is 24.1 Å². The predicted octanol–water partition coefficient (Wildman–Crippen LogP) is 2.99. The summed E-state index contributed by atoms with van der Waals surface area (Å²) in [6.07, 6.45) is -4.80. The van der Waals surface area contributed by atoms with Crippen molar-refractivity contribution in [2.45, 2.75) is 12.2 Å². The van der Waals surface area contributed by atoms with E-state index in [4.69, 9.17) is 9.47 Å².